The summed E-state index contributed by atoms with van der Waals surface area (Å²) in [6, 6.07) is 16.2. The summed E-state index contributed by atoms with van der Waals surface area (Å²) in [4.78, 5) is 2.37. The third-order valence-corrected chi connectivity index (χ3v) is 3.23. The number of hydrogen-bond acceptors (Lipinski definition) is 3. The quantitative estimate of drug-likeness (QED) is 0.765. The zero-order valence-electron chi connectivity index (χ0n) is 8.37. The van der Waals surface area contributed by atoms with E-state index in [-0.39, 0.29) is 0 Å². The van der Waals surface area contributed by atoms with E-state index >= 15 is 0 Å². The molecule has 2 aromatic carbocycles. The van der Waals surface area contributed by atoms with E-state index in [0.29, 0.717) is 0 Å². The molecule has 1 aliphatic heterocycles. The average Bonchev–Trinajstić information content (AvgIpc) is 2.77. The molecule has 0 saturated carbocycles. The predicted octanol–water partition coefficient (Wildman–Crippen LogP) is 1.52. The van der Waals surface area contributed by atoms with E-state index < -0.39 is 0 Å². The summed E-state index contributed by atoms with van der Waals surface area (Å²) in [6.07, 6.45) is 0. The topological polar surface area (TPSA) is 38.8 Å². The minimum atomic E-state index is 0.845. The molecule has 0 saturated heterocycles. The average molecular weight is 226 g/mol. The first-order chi connectivity index (χ1) is 7.92. The second-order valence-corrected chi connectivity index (χ2v) is 4.50. The number of fused-ring (bicyclic) bond motifs is 1. The van der Waals surface area contributed by atoms with Crippen LogP contribution in [0, 0.1) is 0 Å². The Morgan fingerprint density at radius 1 is 0.750 bits per heavy atom. The van der Waals surface area contributed by atoms with E-state index in [4.69, 9.17) is 0 Å². The van der Waals surface area contributed by atoms with Crippen molar-refractivity contribution in [3.05, 3.63) is 59.2 Å². The van der Waals surface area contributed by atoms with Crippen LogP contribution in [-0.4, -0.2) is 0 Å². The van der Waals surface area contributed by atoms with Gasteiger partial charge in [0.2, 0.25) is 0 Å². The van der Waals surface area contributed by atoms with E-state index in [1.165, 1.54) is 4.90 Å². The van der Waals surface area contributed by atoms with Crippen LogP contribution in [-0.2, 0) is 0 Å². The SMILES string of the molecule is c1ccc(Sc2ccc3c(c2)=N[N]N=3)cc1. The van der Waals surface area contributed by atoms with Crippen molar-refractivity contribution in [1.29, 1.82) is 0 Å². The zero-order chi connectivity index (χ0) is 10.8. The Kier molecular flexibility index (Phi) is 2.34. The Bertz CT molecular complexity index is 622. The summed E-state index contributed by atoms with van der Waals surface area (Å²) in [5.41, 5.74) is 3.64. The van der Waals surface area contributed by atoms with Gasteiger partial charge in [-0.15, -0.1) is 10.2 Å². The molecule has 1 aliphatic rings. The van der Waals surface area contributed by atoms with Crippen LogP contribution in [0.2, 0.25) is 0 Å². The highest BCUT2D eigenvalue weighted by Crippen LogP contribution is 2.25. The normalized spacial score (nSPS) is 12.2. The molecule has 0 bridgehead atoms. The molecule has 0 atom stereocenters. The molecule has 1 heterocycles. The Morgan fingerprint density at radius 3 is 2.44 bits per heavy atom. The first-order valence-electron chi connectivity index (χ1n) is 4.90. The molecule has 0 fully saturated rings. The van der Waals surface area contributed by atoms with Gasteiger partial charge < -0.3 is 0 Å². The van der Waals surface area contributed by atoms with E-state index in [2.05, 4.69) is 27.9 Å². The van der Waals surface area contributed by atoms with Gasteiger partial charge in [-0.05, 0) is 35.9 Å². The summed E-state index contributed by atoms with van der Waals surface area (Å²) in [5.74, 6) is 0. The fourth-order valence-corrected chi connectivity index (χ4v) is 2.35. The number of benzene rings is 2. The number of rotatable bonds is 2. The van der Waals surface area contributed by atoms with Crippen LogP contribution in [0.5, 0.6) is 0 Å². The molecule has 3 rings (SSSR count). The summed E-state index contributed by atoms with van der Waals surface area (Å²) >= 11 is 1.71. The monoisotopic (exact) mass is 226 g/mol. The Labute approximate surface area is 96.9 Å². The Hall–Kier alpha value is -1.81. The van der Waals surface area contributed by atoms with Gasteiger partial charge in [0.05, 0.1) is 0 Å². The van der Waals surface area contributed by atoms with E-state index in [9.17, 15) is 0 Å². The smallest absolute Gasteiger partial charge is 0.116 e. The van der Waals surface area contributed by atoms with Crippen molar-refractivity contribution < 1.29 is 0 Å². The highest BCUT2D eigenvalue weighted by Gasteiger charge is 2.01. The van der Waals surface area contributed by atoms with Crippen LogP contribution in [0.1, 0.15) is 0 Å². The van der Waals surface area contributed by atoms with Gasteiger partial charge in [0.25, 0.3) is 0 Å². The summed E-state index contributed by atoms with van der Waals surface area (Å²) in [7, 11) is 0. The first kappa shape index (κ1) is 9.42. The summed E-state index contributed by atoms with van der Waals surface area (Å²) in [5, 5.41) is 9.54. The lowest BCUT2D eigenvalue weighted by Gasteiger charge is -1.99. The Balaban J connectivity index is 1.95. The minimum absolute atomic E-state index is 0.845. The zero-order valence-corrected chi connectivity index (χ0v) is 9.19. The van der Waals surface area contributed by atoms with Gasteiger partial charge in [0.15, 0.2) is 0 Å². The maximum atomic E-state index is 3.95. The molecule has 16 heavy (non-hydrogen) atoms. The lowest BCUT2D eigenvalue weighted by atomic mass is 10.3. The van der Waals surface area contributed by atoms with Gasteiger partial charge in [0.1, 0.15) is 10.7 Å². The van der Waals surface area contributed by atoms with Gasteiger partial charge in [0, 0.05) is 9.79 Å². The van der Waals surface area contributed by atoms with Crippen LogP contribution >= 0.6 is 11.8 Å². The van der Waals surface area contributed by atoms with Crippen molar-refractivity contribution in [2.45, 2.75) is 9.79 Å². The van der Waals surface area contributed by atoms with Crippen LogP contribution in [0.4, 0.5) is 0 Å². The maximum absolute atomic E-state index is 3.95. The molecular formula is C12H8N3S. The maximum Gasteiger partial charge on any atom is 0.116 e. The third-order valence-electron chi connectivity index (χ3n) is 2.23. The summed E-state index contributed by atoms with van der Waals surface area (Å²) < 4.78 is 0. The van der Waals surface area contributed by atoms with Crippen molar-refractivity contribution in [3.8, 4) is 0 Å². The molecule has 3 nitrogen and oxygen atoms in total. The molecule has 0 aromatic heterocycles. The van der Waals surface area contributed by atoms with Crippen molar-refractivity contribution in [1.82, 2.24) is 5.53 Å². The molecule has 0 spiro atoms. The largest absolute Gasteiger partial charge is 0.128 e. The molecule has 0 amide bonds. The molecule has 0 N–H and O–H groups in total. The lowest BCUT2D eigenvalue weighted by Crippen LogP contribution is -2.20. The second-order valence-electron chi connectivity index (χ2n) is 3.36. The fraction of sp³-hybridized carbons (Fsp3) is 0. The standard InChI is InChI=1S/C12H8N3S/c1-2-4-9(5-3-1)16-10-6-7-11-12(8-10)14-15-13-11/h1-8H. The molecule has 77 valence electrons. The van der Waals surface area contributed by atoms with Crippen molar-refractivity contribution >= 4 is 11.8 Å². The van der Waals surface area contributed by atoms with Gasteiger partial charge in [-0.2, -0.15) is 0 Å². The van der Waals surface area contributed by atoms with Gasteiger partial charge in [-0.25, -0.2) is 0 Å². The lowest BCUT2D eigenvalue weighted by molar-refractivity contribution is 0.779. The Morgan fingerprint density at radius 2 is 1.56 bits per heavy atom. The van der Waals surface area contributed by atoms with Crippen LogP contribution in [0.15, 0.2) is 68.5 Å². The molecule has 1 radical (unpaired) electrons. The van der Waals surface area contributed by atoms with E-state index in [1.54, 1.807) is 11.8 Å². The second kappa shape index (κ2) is 3.98. The van der Waals surface area contributed by atoms with Gasteiger partial charge in [-0.1, -0.05) is 30.0 Å². The molecule has 0 unspecified atom stereocenters. The van der Waals surface area contributed by atoms with Crippen LogP contribution in [0.25, 0.3) is 0 Å². The highest BCUT2D eigenvalue weighted by atomic mass is 32.2. The molecule has 2 aromatic rings. The first-order valence-corrected chi connectivity index (χ1v) is 5.72. The third kappa shape index (κ3) is 1.79. The van der Waals surface area contributed by atoms with Crippen molar-refractivity contribution in [3.63, 3.8) is 0 Å². The van der Waals surface area contributed by atoms with Crippen LogP contribution < -0.4 is 16.2 Å². The number of nitrogens with zero attached hydrogens (tertiary/aromatic N) is 3. The van der Waals surface area contributed by atoms with Gasteiger partial charge >= 0.3 is 0 Å². The summed E-state index contributed by atoms with van der Waals surface area (Å²) in [6.45, 7) is 0. The van der Waals surface area contributed by atoms with Crippen molar-refractivity contribution in [2.75, 3.05) is 0 Å². The predicted molar refractivity (Wildman–Crippen MR) is 61.5 cm³/mol. The molecular weight excluding hydrogens is 218 g/mol. The number of hydrogen-bond donors (Lipinski definition) is 0. The fourth-order valence-electron chi connectivity index (χ4n) is 1.47. The molecule has 0 aliphatic carbocycles. The van der Waals surface area contributed by atoms with Crippen molar-refractivity contribution in [2.24, 2.45) is 10.2 Å². The minimum Gasteiger partial charge on any atom is -0.128 e. The van der Waals surface area contributed by atoms with Crippen LogP contribution in [0.3, 0.4) is 0 Å². The highest BCUT2D eigenvalue weighted by molar-refractivity contribution is 7.99. The van der Waals surface area contributed by atoms with E-state index in [1.807, 2.05) is 36.4 Å². The van der Waals surface area contributed by atoms with E-state index in [0.717, 1.165) is 15.6 Å². The molecule has 4 heteroatoms. The van der Waals surface area contributed by atoms with Gasteiger partial charge in [-0.3, -0.25) is 0 Å².